The SMILES string of the molecule is CCCCOS(=O)(=O)Oc1ccc2c(c1)C(=O)OC2=O. The highest BCUT2D eigenvalue weighted by Gasteiger charge is 2.30. The molecule has 0 atom stereocenters. The van der Waals surface area contributed by atoms with E-state index in [4.69, 9.17) is 0 Å². The molecule has 0 fully saturated rings. The standard InChI is InChI=1S/C12H12O7S/c1-2-3-6-17-20(15,16)19-8-4-5-9-10(7-8)12(14)18-11(9)13/h4-5,7H,2-3,6H2,1H3. The molecule has 108 valence electrons. The average Bonchev–Trinajstić information content (AvgIpc) is 2.64. The first kappa shape index (κ1) is 14.5. The van der Waals surface area contributed by atoms with Crippen LogP contribution in [0, 0.1) is 0 Å². The van der Waals surface area contributed by atoms with Crippen molar-refractivity contribution in [3.8, 4) is 5.75 Å². The fourth-order valence-corrected chi connectivity index (χ4v) is 2.27. The molecule has 0 unspecified atom stereocenters. The first-order chi connectivity index (χ1) is 9.43. The van der Waals surface area contributed by atoms with Gasteiger partial charge in [-0.25, -0.2) is 13.8 Å². The number of hydrogen-bond donors (Lipinski definition) is 0. The summed E-state index contributed by atoms with van der Waals surface area (Å²) < 4.78 is 36.7. The van der Waals surface area contributed by atoms with E-state index in [1.165, 1.54) is 12.1 Å². The molecule has 1 aromatic carbocycles. The van der Waals surface area contributed by atoms with Gasteiger partial charge >= 0.3 is 22.3 Å². The lowest BCUT2D eigenvalue weighted by molar-refractivity contribution is 0.0443. The van der Waals surface area contributed by atoms with Gasteiger partial charge in [-0.1, -0.05) is 13.3 Å². The van der Waals surface area contributed by atoms with Gasteiger partial charge in [0.15, 0.2) is 0 Å². The number of unbranched alkanes of at least 4 members (excludes halogenated alkanes) is 1. The summed E-state index contributed by atoms with van der Waals surface area (Å²) in [5.41, 5.74) is 0.0444. The summed E-state index contributed by atoms with van der Waals surface area (Å²) in [5.74, 6) is -1.72. The molecule has 1 aromatic rings. The zero-order valence-electron chi connectivity index (χ0n) is 10.6. The van der Waals surface area contributed by atoms with Crippen LogP contribution in [0.15, 0.2) is 18.2 Å². The molecule has 1 aliphatic heterocycles. The lowest BCUT2D eigenvalue weighted by Gasteiger charge is -2.06. The second-order valence-corrected chi connectivity index (χ2v) is 5.27. The summed E-state index contributed by atoms with van der Waals surface area (Å²) >= 11 is 0. The van der Waals surface area contributed by atoms with E-state index in [9.17, 15) is 18.0 Å². The summed E-state index contributed by atoms with van der Waals surface area (Å²) in [4.78, 5) is 22.5. The third kappa shape index (κ3) is 3.14. The van der Waals surface area contributed by atoms with Crippen molar-refractivity contribution >= 4 is 22.3 Å². The predicted molar refractivity (Wildman–Crippen MR) is 66.6 cm³/mol. The van der Waals surface area contributed by atoms with Gasteiger partial charge in [0, 0.05) is 0 Å². The maximum atomic E-state index is 11.5. The minimum Gasteiger partial charge on any atom is -0.386 e. The molecule has 0 bridgehead atoms. The van der Waals surface area contributed by atoms with Gasteiger partial charge in [-0.3, -0.25) is 0 Å². The summed E-state index contributed by atoms with van der Waals surface area (Å²) in [6.45, 7) is 1.91. The van der Waals surface area contributed by atoms with Crippen molar-refractivity contribution in [3.63, 3.8) is 0 Å². The summed E-state index contributed by atoms with van der Waals surface area (Å²) in [5, 5.41) is 0. The van der Waals surface area contributed by atoms with E-state index in [1.807, 2.05) is 6.92 Å². The smallest absolute Gasteiger partial charge is 0.386 e. The van der Waals surface area contributed by atoms with E-state index in [0.29, 0.717) is 6.42 Å². The van der Waals surface area contributed by atoms with E-state index in [-0.39, 0.29) is 23.5 Å². The van der Waals surface area contributed by atoms with Gasteiger partial charge in [-0.05, 0) is 24.6 Å². The summed E-state index contributed by atoms with van der Waals surface area (Å²) in [6, 6.07) is 3.64. The lowest BCUT2D eigenvalue weighted by Crippen LogP contribution is -2.14. The van der Waals surface area contributed by atoms with Crippen molar-refractivity contribution in [2.45, 2.75) is 19.8 Å². The van der Waals surface area contributed by atoms with Gasteiger partial charge in [-0.15, -0.1) is 0 Å². The van der Waals surface area contributed by atoms with Gasteiger partial charge < -0.3 is 8.92 Å². The molecular weight excluding hydrogens is 288 g/mol. The molecular formula is C12H12O7S. The van der Waals surface area contributed by atoms with Crippen molar-refractivity contribution in [1.29, 1.82) is 0 Å². The zero-order chi connectivity index (χ0) is 14.8. The van der Waals surface area contributed by atoms with Crippen LogP contribution in [0.25, 0.3) is 0 Å². The number of cyclic esters (lactones) is 2. The quantitative estimate of drug-likeness (QED) is 0.445. The molecule has 0 saturated carbocycles. The topological polar surface area (TPSA) is 96.0 Å². The maximum absolute atomic E-state index is 11.5. The van der Waals surface area contributed by atoms with Crippen LogP contribution in [-0.4, -0.2) is 27.0 Å². The second-order valence-electron chi connectivity index (χ2n) is 4.05. The van der Waals surface area contributed by atoms with Crippen LogP contribution >= 0.6 is 0 Å². The lowest BCUT2D eigenvalue weighted by atomic mass is 10.1. The molecule has 1 heterocycles. The highest BCUT2D eigenvalue weighted by atomic mass is 32.3. The highest BCUT2D eigenvalue weighted by Crippen LogP contribution is 2.25. The Balaban J connectivity index is 2.13. The van der Waals surface area contributed by atoms with Crippen molar-refractivity contribution < 1.29 is 31.1 Å². The van der Waals surface area contributed by atoms with E-state index in [2.05, 4.69) is 13.1 Å². The molecule has 2 rings (SSSR count). The Labute approximate surface area is 115 Å². The third-order valence-electron chi connectivity index (χ3n) is 2.54. The highest BCUT2D eigenvalue weighted by molar-refractivity contribution is 7.82. The number of carbonyl (C=O) groups excluding carboxylic acids is 2. The third-order valence-corrected chi connectivity index (χ3v) is 3.39. The van der Waals surface area contributed by atoms with Gasteiger partial charge in [0.25, 0.3) is 0 Å². The van der Waals surface area contributed by atoms with Crippen LogP contribution in [-0.2, 0) is 19.3 Å². The van der Waals surface area contributed by atoms with Gasteiger partial charge in [0.05, 0.1) is 17.7 Å². The first-order valence-corrected chi connectivity index (χ1v) is 7.25. The number of ether oxygens (including phenoxy) is 1. The Morgan fingerprint density at radius 3 is 2.55 bits per heavy atom. The molecule has 7 nitrogen and oxygen atoms in total. The molecule has 0 aromatic heterocycles. The Hall–Kier alpha value is -1.93. The van der Waals surface area contributed by atoms with Crippen LogP contribution in [0.5, 0.6) is 5.75 Å². The predicted octanol–water partition coefficient (Wildman–Crippen LogP) is 1.44. The van der Waals surface area contributed by atoms with Crippen molar-refractivity contribution in [1.82, 2.24) is 0 Å². The number of benzene rings is 1. The number of carbonyl (C=O) groups is 2. The van der Waals surface area contributed by atoms with E-state index in [1.54, 1.807) is 0 Å². The largest absolute Gasteiger partial charge is 0.449 e. The van der Waals surface area contributed by atoms with Crippen LogP contribution in [0.3, 0.4) is 0 Å². The molecule has 0 saturated heterocycles. The van der Waals surface area contributed by atoms with Gasteiger partial charge in [0.2, 0.25) is 0 Å². The monoisotopic (exact) mass is 300 g/mol. The van der Waals surface area contributed by atoms with E-state index >= 15 is 0 Å². The molecule has 0 radical (unpaired) electrons. The fraction of sp³-hybridized carbons (Fsp3) is 0.333. The molecule has 0 spiro atoms. The zero-order valence-corrected chi connectivity index (χ0v) is 11.4. The van der Waals surface area contributed by atoms with Crippen molar-refractivity contribution in [2.24, 2.45) is 0 Å². The van der Waals surface area contributed by atoms with Gasteiger partial charge in [-0.2, -0.15) is 8.42 Å². The Morgan fingerprint density at radius 2 is 1.85 bits per heavy atom. The average molecular weight is 300 g/mol. The number of esters is 2. The molecule has 8 heteroatoms. The van der Waals surface area contributed by atoms with Crippen LogP contribution in [0.1, 0.15) is 40.5 Å². The van der Waals surface area contributed by atoms with E-state index < -0.39 is 22.3 Å². The minimum atomic E-state index is -4.19. The first-order valence-electron chi connectivity index (χ1n) is 5.92. The number of fused-ring (bicyclic) bond motifs is 1. The van der Waals surface area contributed by atoms with E-state index in [0.717, 1.165) is 12.5 Å². The van der Waals surface area contributed by atoms with Crippen LogP contribution < -0.4 is 4.18 Å². The van der Waals surface area contributed by atoms with Crippen molar-refractivity contribution in [2.75, 3.05) is 6.61 Å². The molecule has 20 heavy (non-hydrogen) atoms. The minimum absolute atomic E-state index is 0.0182. The second kappa shape index (κ2) is 5.59. The van der Waals surface area contributed by atoms with Crippen molar-refractivity contribution in [3.05, 3.63) is 29.3 Å². The Morgan fingerprint density at radius 1 is 1.15 bits per heavy atom. The molecule has 1 aliphatic rings. The van der Waals surface area contributed by atoms with Gasteiger partial charge in [0.1, 0.15) is 5.75 Å². The Bertz CT molecular complexity index is 648. The normalized spacial score (nSPS) is 14.1. The molecule has 0 amide bonds. The summed E-state index contributed by atoms with van der Waals surface area (Å²) in [6.07, 6.45) is 1.36. The molecule has 0 N–H and O–H groups in total. The Kier molecular flexibility index (Phi) is 4.05. The van der Waals surface area contributed by atoms with Crippen LogP contribution in [0.4, 0.5) is 0 Å². The maximum Gasteiger partial charge on any atom is 0.449 e. The van der Waals surface area contributed by atoms with Crippen LogP contribution in [0.2, 0.25) is 0 Å². The summed E-state index contributed by atoms with van der Waals surface area (Å²) in [7, 11) is -4.19. The number of hydrogen-bond acceptors (Lipinski definition) is 7. The fourth-order valence-electron chi connectivity index (χ4n) is 1.56. The number of rotatable bonds is 6. The molecule has 0 aliphatic carbocycles.